The zero-order valence-corrected chi connectivity index (χ0v) is 16.2. The number of halogens is 1. The average molecular weight is 395 g/mol. The molecule has 1 aromatic carbocycles. The van der Waals surface area contributed by atoms with Crippen molar-refractivity contribution in [3.63, 3.8) is 0 Å². The molecule has 8 nitrogen and oxygen atoms in total. The number of esters is 1. The summed E-state index contributed by atoms with van der Waals surface area (Å²) in [4.78, 5) is 47.5. The molecule has 0 aliphatic carbocycles. The molecule has 3 atom stereocenters. The minimum Gasteiger partial charge on any atom is -0.466 e. The number of ether oxygens (including phenoxy) is 1. The Balaban J connectivity index is 2.93. The Kier molecular flexibility index (Phi) is 9.07. The highest BCUT2D eigenvalue weighted by molar-refractivity contribution is 5.91. The number of carbonyl (C=O) groups excluding carboxylic acids is 4. The minimum absolute atomic E-state index is 0.115. The maximum Gasteiger partial charge on any atom is 0.306 e. The Morgan fingerprint density at radius 1 is 1.18 bits per heavy atom. The van der Waals surface area contributed by atoms with Gasteiger partial charge in [-0.05, 0) is 24.5 Å². The molecular formula is C19H26FN3O5. The van der Waals surface area contributed by atoms with Crippen LogP contribution in [0.3, 0.4) is 0 Å². The lowest BCUT2D eigenvalue weighted by Crippen LogP contribution is -2.55. The second kappa shape index (κ2) is 11.0. The molecule has 0 bridgehead atoms. The first kappa shape index (κ1) is 23.1. The maximum absolute atomic E-state index is 13.9. The first-order chi connectivity index (χ1) is 13.1. The standard InChI is InChI=1S/C19H26FN3O5/c1-4-28-16(25)9-11(2)17(18(21)26)23-19(27)15(22-12(3)24)10-13-7-5-6-8-14(13)20/h5-8,11,15,17H,4,9-10H2,1-3H3,(H2,21,26)(H,22,24)(H,23,27)/t11-,15+,17-/m1/s1. The fraction of sp³-hybridized carbons (Fsp3) is 0.474. The molecule has 0 saturated carbocycles. The van der Waals surface area contributed by atoms with E-state index in [2.05, 4.69) is 10.6 Å². The topological polar surface area (TPSA) is 128 Å². The van der Waals surface area contributed by atoms with Gasteiger partial charge in [-0.3, -0.25) is 19.2 Å². The number of hydrogen-bond donors (Lipinski definition) is 3. The molecule has 0 fully saturated rings. The Labute approximate surface area is 163 Å². The quantitative estimate of drug-likeness (QED) is 0.495. The van der Waals surface area contributed by atoms with E-state index >= 15 is 0 Å². The Morgan fingerprint density at radius 2 is 1.82 bits per heavy atom. The van der Waals surface area contributed by atoms with Crippen LogP contribution in [0.1, 0.15) is 32.8 Å². The number of benzene rings is 1. The van der Waals surface area contributed by atoms with Crippen molar-refractivity contribution in [1.29, 1.82) is 0 Å². The lowest BCUT2D eigenvalue weighted by molar-refractivity contribution is -0.145. The van der Waals surface area contributed by atoms with Gasteiger partial charge in [-0.15, -0.1) is 0 Å². The predicted octanol–water partition coefficient (Wildman–Crippen LogP) is 0.432. The van der Waals surface area contributed by atoms with Crippen LogP contribution in [0.15, 0.2) is 24.3 Å². The van der Waals surface area contributed by atoms with Crippen LogP contribution in [0, 0.1) is 11.7 Å². The molecule has 0 unspecified atom stereocenters. The lowest BCUT2D eigenvalue weighted by atomic mass is 9.96. The molecule has 0 aromatic heterocycles. The fourth-order valence-electron chi connectivity index (χ4n) is 2.69. The van der Waals surface area contributed by atoms with Crippen molar-refractivity contribution in [2.24, 2.45) is 11.7 Å². The van der Waals surface area contributed by atoms with Gasteiger partial charge in [0.25, 0.3) is 0 Å². The third-order valence-corrected chi connectivity index (χ3v) is 4.04. The molecule has 3 amide bonds. The van der Waals surface area contributed by atoms with E-state index in [0.29, 0.717) is 0 Å². The van der Waals surface area contributed by atoms with Gasteiger partial charge in [0.15, 0.2) is 0 Å². The largest absolute Gasteiger partial charge is 0.466 e. The van der Waals surface area contributed by atoms with Crippen LogP contribution < -0.4 is 16.4 Å². The highest BCUT2D eigenvalue weighted by Gasteiger charge is 2.30. The molecule has 154 valence electrons. The number of nitrogens with two attached hydrogens (primary N) is 1. The number of hydrogen-bond acceptors (Lipinski definition) is 5. The van der Waals surface area contributed by atoms with Gasteiger partial charge in [0, 0.05) is 13.3 Å². The van der Waals surface area contributed by atoms with Gasteiger partial charge in [0.05, 0.1) is 13.0 Å². The summed E-state index contributed by atoms with van der Waals surface area (Å²) < 4.78 is 18.8. The summed E-state index contributed by atoms with van der Waals surface area (Å²) in [6, 6.07) is 3.57. The highest BCUT2D eigenvalue weighted by atomic mass is 19.1. The van der Waals surface area contributed by atoms with Crippen LogP contribution in [0.4, 0.5) is 4.39 Å². The monoisotopic (exact) mass is 395 g/mol. The number of amides is 3. The SMILES string of the molecule is CCOC(=O)C[C@@H](C)[C@@H](NC(=O)[C@H](Cc1ccccc1F)NC(C)=O)C(N)=O. The number of nitrogens with one attached hydrogen (secondary N) is 2. The molecular weight excluding hydrogens is 369 g/mol. The summed E-state index contributed by atoms with van der Waals surface area (Å²) in [7, 11) is 0. The first-order valence-corrected chi connectivity index (χ1v) is 8.91. The van der Waals surface area contributed by atoms with Crippen molar-refractivity contribution in [2.45, 2.75) is 45.7 Å². The highest BCUT2D eigenvalue weighted by Crippen LogP contribution is 2.12. The number of primary amides is 1. The van der Waals surface area contributed by atoms with Crippen LogP contribution in [-0.2, 0) is 30.3 Å². The number of rotatable bonds is 10. The van der Waals surface area contributed by atoms with Crippen molar-refractivity contribution < 1.29 is 28.3 Å². The maximum atomic E-state index is 13.9. The van der Waals surface area contributed by atoms with E-state index in [1.807, 2.05) is 0 Å². The summed E-state index contributed by atoms with van der Waals surface area (Å²) in [5.41, 5.74) is 5.59. The third-order valence-electron chi connectivity index (χ3n) is 4.04. The van der Waals surface area contributed by atoms with Gasteiger partial charge in [0.2, 0.25) is 17.7 Å². The summed E-state index contributed by atoms with van der Waals surface area (Å²) in [6.07, 6.45) is -0.240. The van der Waals surface area contributed by atoms with Gasteiger partial charge in [-0.25, -0.2) is 4.39 Å². The molecule has 28 heavy (non-hydrogen) atoms. The predicted molar refractivity (Wildman–Crippen MR) is 99.2 cm³/mol. The smallest absolute Gasteiger partial charge is 0.306 e. The molecule has 1 rings (SSSR count). The van der Waals surface area contributed by atoms with Gasteiger partial charge in [-0.2, -0.15) is 0 Å². The summed E-state index contributed by atoms with van der Waals surface area (Å²) in [5.74, 6) is -3.72. The summed E-state index contributed by atoms with van der Waals surface area (Å²) in [6.45, 7) is 4.62. The second-order valence-electron chi connectivity index (χ2n) is 6.42. The van der Waals surface area contributed by atoms with Crippen LogP contribution in [-0.4, -0.2) is 42.4 Å². The van der Waals surface area contributed by atoms with Gasteiger partial charge in [-0.1, -0.05) is 25.1 Å². The van der Waals surface area contributed by atoms with Gasteiger partial charge in [0.1, 0.15) is 17.9 Å². The Morgan fingerprint density at radius 3 is 2.36 bits per heavy atom. The Bertz CT molecular complexity index is 725. The normalized spacial score (nSPS) is 13.7. The van der Waals surface area contributed by atoms with Crippen LogP contribution in [0.2, 0.25) is 0 Å². The fourth-order valence-corrected chi connectivity index (χ4v) is 2.69. The lowest BCUT2D eigenvalue weighted by Gasteiger charge is -2.25. The van der Waals surface area contributed by atoms with Crippen molar-refractivity contribution >= 4 is 23.7 Å². The van der Waals surface area contributed by atoms with Crippen LogP contribution >= 0.6 is 0 Å². The molecule has 9 heteroatoms. The second-order valence-corrected chi connectivity index (χ2v) is 6.42. The van der Waals surface area contributed by atoms with E-state index in [1.165, 1.54) is 25.1 Å². The molecule has 4 N–H and O–H groups in total. The van der Waals surface area contributed by atoms with Crippen molar-refractivity contribution in [2.75, 3.05) is 6.61 Å². The van der Waals surface area contributed by atoms with E-state index in [-0.39, 0.29) is 25.0 Å². The third kappa shape index (κ3) is 7.34. The number of carbonyl (C=O) groups is 4. The van der Waals surface area contributed by atoms with Crippen LogP contribution in [0.5, 0.6) is 0 Å². The van der Waals surface area contributed by atoms with Gasteiger partial charge >= 0.3 is 5.97 Å². The van der Waals surface area contributed by atoms with E-state index < -0.39 is 47.5 Å². The Hall–Kier alpha value is -2.97. The summed E-state index contributed by atoms with van der Waals surface area (Å²) in [5, 5.41) is 4.89. The molecule has 0 aliphatic heterocycles. The van der Waals surface area contributed by atoms with E-state index in [1.54, 1.807) is 19.9 Å². The molecule has 0 radical (unpaired) electrons. The molecule has 0 saturated heterocycles. The minimum atomic E-state index is -1.16. The molecule has 0 heterocycles. The van der Waals surface area contributed by atoms with Crippen LogP contribution in [0.25, 0.3) is 0 Å². The zero-order chi connectivity index (χ0) is 21.3. The summed E-state index contributed by atoms with van der Waals surface area (Å²) >= 11 is 0. The molecule has 1 aromatic rings. The van der Waals surface area contributed by atoms with Crippen molar-refractivity contribution in [1.82, 2.24) is 10.6 Å². The van der Waals surface area contributed by atoms with Crippen molar-refractivity contribution in [3.05, 3.63) is 35.6 Å². The van der Waals surface area contributed by atoms with Gasteiger partial charge < -0.3 is 21.1 Å². The first-order valence-electron chi connectivity index (χ1n) is 8.91. The zero-order valence-electron chi connectivity index (χ0n) is 16.2. The van der Waals surface area contributed by atoms with E-state index in [0.717, 1.165) is 0 Å². The van der Waals surface area contributed by atoms with Crippen molar-refractivity contribution in [3.8, 4) is 0 Å². The van der Waals surface area contributed by atoms with E-state index in [9.17, 15) is 23.6 Å². The van der Waals surface area contributed by atoms with E-state index in [4.69, 9.17) is 10.5 Å². The molecule has 0 aliphatic rings. The average Bonchev–Trinajstić information content (AvgIpc) is 2.60. The molecule has 0 spiro atoms.